The summed E-state index contributed by atoms with van der Waals surface area (Å²) in [6.45, 7) is 3.85. The molecule has 1 saturated carbocycles. The van der Waals surface area contributed by atoms with E-state index in [9.17, 15) is 0 Å². The molecule has 0 bridgehead atoms. The van der Waals surface area contributed by atoms with Gasteiger partial charge in [-0.25, -0.2) is 0 Å². The summed E-state index contributed by atoms with van der Waals surface area (Å²) in [5.41, 5.74) is 1.34. The van der Waals surface area contributed by atoms with E-state index in [-0.39, 0.29) is 6.04 Å². The van der Waals surface area contributed by atoms with Gasteiger partial charge in [-0.2, -0.15) is 10.1 Å². The first-order chi connectivity index (χ1) is 8.74. The lowest BCUT2D eigenvalue weighted by molar-refractivity contribution is 0.334. The van der Waals surface area contributed by atoms with Gasteiger partial charge >= 0.3 is 0 Å². The Hall–Kier alpha value is -1.65. The van der Waals surface area contributed by atoms with Crippen molar-refractivity contribution >= 4 is 0 Å². The molecule has 96 valence electrons. The van der Waals surface area contributed by atoms with Crippen LogP contribution < -0.4 is 0 Å². The van der Waals surface area contributed by atoms with E-state index in [0.29, 0.717) is 17.6 Å². The molecular formula is C13H18N4O. The van der Waals surface area contributed by atoms with E-state index in [4.69, 9.17) is 4.52 Å². The van der Waals surface area contributed by atoms with Gasteiger partial charge in [0.15, 0.2) is 5.82 Å². The Kier molecular flexibility index (Phi) is 2.89. The minimum atomic E-state index is 0.00125. The Labute approximate surface area is 106 Å². The van der Waals surface area contributed by atoms with Crippen LogP contribution in [0.4, 0.5) is 0 Å². The minimum absolute atomic E-state index is 0.00125. The fourth-order valence-corrected chi connectivity index (χ4v) is 2.63. The molecule has 5 nitrogen and oxygen atoms in total. The lowest BCUT2D eigenvalue weighted by Gasteiger charge is -2.07. The Morgan fingerprint density at radius 1 is 1.39 bits per heavy atom. The molecule has 2 aromatic heterocycles. The Balaban J connectivity index is 1.80. The van der Waals surface area contributed by atoms with E-state index in [1.165, 1.54) is 31.2 Å². The number of aryl methyl sites for hydroxylation is 1. The highest BCUT2D eigenvalue weighted by Crippen LogP contribution is 2.34. The predicted molar refractivity (Wildman–Crippen MR) is 66.3 cm³/mol. The molecule has 2 aromatic rings. The maximum atomic E-state index is 5.19. The quantitative estimate of drug-likeness (QED) is 0.835. The van der Waals surface area contributed by atoms with Crippen molar-refractivity contribution in [3.05, 3.63) is 29.7 Å². The largest absolute Gasteiger partial charge is 0.337 e. The second-order valence-electron chi connectivity index (χ2n) is 5.09. The average Bonchev–Trinajstić information content (AvgIpc) is 3.09. The average molecular weight is 246 g/mol. The van der Waals surface area contributed by atoms with Crippen LogP contribution in [0.5, 0.6) is 0 Å². The molecule has 0 aromatic carbocycles. The van der Waals surface area contributed by atoms with Gasteiger partial charge in [0, 0.05) is 6.20 Å². The zero-order valence-corrected chi connectivity index (χ0v) is 10.8. The van der Waals surface area contributed by atoms with Gasteiger partial charge in [-0.3, -0.25) is 4.68 Å². The SMILES string of the molecule is Cc1noc(C(C)n2cc(C3CCCC3)cn2)n1. The van der Waals surface area contributed by atoms with Crippen LogP contribution in [-0.2, 0) is 0 Å². The number of rotatable bonds is 3. The summed E-state index contributed by atoms with van der Waals surface area (Å²) in [4.78, 5) is 4.26. The first-order valence-corrected chi connectivity index (χ1v) is 6.58. The van der Waals surface area contributed by atoms with Gasteiger partial charge in [0.1, 0.15) is 6.04 Å². The fraction of sp³-hybridized carbons (Fsp3) is 0.615. The molecule has 5 heteroatoms. The van der Waals surface area contributed by atoms with Crippen molar-refractivity contribution in [2.75, 3.05) is 0 Å². The van der Waals surface area contributed by atoms with Gasteiger partial charge in [-0.15, -0.1) is 0 Å². The fourth-order valence-electron chi connectivity index (χ4n) is 2.63. The highest BCUT2D eigenvalue weighted by molar-refractivity contribution is 5.13. The summed E-state index contributed by atoms with van der Waals surface area (Å²) in [5, 5.41) is 8.26. The molecule has 0 N–H and O–H groups in total. The van der Waals surface area contributed by atoms with Gasteiger partial charge < -0.3 is 4.52 Å². The molecule has 3 rings (SSSR count). The number of aromatic nitrogens is 4. The molecule has 0 spiro atoms. The Morgan fingerprint density at radius 3 is 2.83 bits per heavy atom. The first kappa shape index (κ1) is 11.4. The third-order valence-corrected chi connectivity index (χ3v) is 3.75. The molecule has 1 unspecified atom stereocenters. The summed E-state index contributed by atoms with van der Waals surface area (Å²) in [5.74, 6) is 1.98. The number of hydrogen-bond acceptors (Lipinski definition) is 4. The van der Waals surface area contributed by atoms with Crippen LogP contribution in [0.2, 0.25) is 0 Å². The third kappa shape index (κ3) is 2.05. The van der Waals surface area contributed by atoms with Crippen LogP contribution in [-0.4, -0.2) is 19.9 Å². The highest BCUT2D eigenvalue weighted by Gasteiger charge is 2.21. The summed E-state index contributed by atoms with van der Waals surface area (Å²) < 4.78 is 7.11. The molecule has 1 aliphatic rings. The Bertz CT molecular complexity index is 525. The second kappa shape index (κ2) is 4.55. The summed E-state index contributed by atoms with van der Waals surface area (Å²) in [6, 6.07) is 0.00125. The zero-order chi connectivity index (χ0) is 12.5. The molecule has 1 atom stereocenters. The molecule has 18 heavy (non-hydrogen) atoms. The molecule has 2 heterocycles. The van der Waals surface area contributed by atoms with Crippen LogP contribution in [0, 0.1) is 6.92 Å². The van der Waals surface area contributed by atoms with Crippen LogP contribution in [0.3, 0.4) is 0 Å². The van der Waals surface area contributed by atoms with E-state index in [1.54, 1.807) is 0 Å². The second-order valence-corrected chi connectivity index (χ2v) is 5.09. The zero-order valence-electron chi connectivity index (χ0n) is 10.8. The van der Waals surface area contributed by atoms with Crippen molar-refractivity contribution in [2.24, 2.45) is 0 Å². The highest BCUT2D eigenvalue weighted by atomic mass is 16.5. The standard InChI is InChI=1S/C13H18N4O/c1-9(13-15-10(2)16-18-13)17-8-12(7-14-17)11-5-3-4-6-11/h7-9,11H,3-6H2,1-2H3. The molecular weight excluding hydrogens is 228 g/mol. The third-order valence-electron chi connectivity index (χ3n) is 3.75. The smallest absolute Gasteiger partial charge is 0.251 e. The van der Waals surface area contributed by atoms with Gasteiger partial charge in [0.25, 0.3) is 5.89 Å². The lowest BCUT2D eigenvalue weighted by Crippen LogP contribution is -2.07. The maximum absolute atomic E-state index is 5.19. The minimum Gasteiger partial charge on any atom is -0.337 e. The Morgan fingerprint density at radius 2 is 2.17 bits per heavy atom. The van der Waals surface area contributed by atoms with Crippen molar-refractivity contribution < 1.29 is 4.52 Å². The van der Waals surface area contributed by atoms with Gasteiger partial charge in [0.2, 0.25) is 0 Å². The van der Waals surface area contributed by atoms with Crippen LogP contribution in [0.1, 0.15) is 61.8 Å². The van der Waals surface area contributed by atoms with Crippen molar-refractivity contribution in [3.63, 3.8) is 0 Å². The van der Waals surface area contributed by atoms with E-state index in [0.717, 1.165) is 0 Å². The topological polar surface area (TPSA) is 56.7 Å². The molecule has 0 aliphatic heterocycles. The summed E-state index contributed by atoms with van der Waals surface area (Å²) in [6.07, 6.45) is 9.37. The van der Waals surface area contributed by atoms with Gasteiger partial charge in [-0.05, 0) is 38.2 Å². The number of hydrogen-bond donors (Lipinski definition) is 0. The van der Waals surface area contributed by atoms with Crippen molar-refractivity contribution in [1.29, 1.82) is 0 Å². The molecule has 1 aliphatic carbocycles. The van der Waals surface area contributed by atoms with Gasteiger partial charge in [-0.1, -0.05) is 18.0 Å². The molecule has 0 saturated heterocycles. The number of nitrogens with zero attached hydrogens (tertiary/aromatic N) is 4. The van der Waals surface area contributed by atoms with Crippen molar-refractivity contribution in [3.8, 4) is 0 Å². The van der Waals surface area contributed by atoms with E-state index in [1.807, 2.05) is 24.7 Å². The van der Waals surface area contributed by atoms with Crippen LogP contribution in [0.15, 0.2) is 16.9 Å². The first-order valence-electron chi connectivity index (χ1n) is 6.58. The molecule has 1 fully saturated rings. The van der Waals surface area contributed by atoms with E-state index in [2.05, 4.69) is 21.4 Å². The summed E-state index contributed by atoms with van der Waals surface area (Å²) in [7, 11) is 0. The van der Waals surface area contributed by atoms with Crippen LogP contribution >= 0.6 is 0 Å². The van der Waals surface area contributed by atoms with Crippen LogP contribution in [0.25, 0.3) is 0 Å². The molecule has 0 amide bonds. The monoisotopic (exact) mass is 246 g/mol. The predicted octanol–water partition coefficient (Wildman–Crippen LogP) is 2.84. The van der Waals surface area contributed by atoms with Crippen molar-refractivity contribution in [1.82, 2.24) is 19.9 Å². The maximum Gasteiger partial charge on any atom is 0.251 e. The normalized spacial score (nSPS) is 18.3. The lowest BCUT2D eigenvalue weighted by atomic mass is 10.0. The van der Waals surface area contributed by atoms with E-state index < -0.39 is 0 Å². The molecule has 0 radical (unpaired) electrons. The summed E-state index contributed by atoms with van der Waals surface area (Å²) >= 11 is 0. The van der Waals surface area contributed by atoms with E-state index >= 15 is 0 Å². The van der Waals surface area contributed by atoms with Gasteiger partial charge in [0.05, 0.1) is 6.20 Å². The van der Waals surface area contributed by atoms with Crippen molar-refractivity contribution in [2.45, 2.75) is 51.5 Å².